The number of nitrogens with one attached hydrogen (secondary N) is 1. The highest BCUT2D eigenvalue weighted by atomic mass is 32.2. The fourth-order valence-corrected chi connectivity index (χ4v) is 3.14. The SMILES string of the molecule is O=C(O)c1occ2c1SC(C1CC1)C(=O)N2. The summed E-state index contributed by atoms with van der Waals surface area (Å²) in [5, 5.41) is 11.4. The summed E-state index contributed by atoms with van der Waals surface area (Å²) in [5.74, 6) is -0.836. The highest BCUT2D eigenvalue weighted by molar-refractivity contribution is 8.01. The Balaban J connectivity index is 1.97. The number of carbonyl (C=O) groups is 2. The molecule has 1 saturated carbocycles. The molecule has 1 unspecified atom stereocenters. The fraction of sp³-hybridized carbons (Fsp3) is 0.400. The minimum absolute atomic E-state index is 0.0438. The maximum Gasteiger partial charge on any atom is 0.373 e. The van der Waals surface area contributed by atoms with Gasteiger partial charge < -0.3 is 14.8 Å². The number of aromatic carboxylic acids is 1. The van der Waals surface area contributed by atoms with Crippen molar-refractivity contribution in [1.82, 2.24) is 0 Å². The molecule has 0 radical (unpaired) electrons. The van der Waals surface area contributed by atoms with Crippen LogP contribution in [0.3, 0.4) is 0 Å². The monoisotopic (exact) mass is 239 g/mol. The summed E-state index contributed by atoms with van der Waals surface area (Å²) >= 11 is 1.31. The van der Waals surface area contributed by atoms with Gasteiger partial charge in [-0.05, 0) is 18.8 Å². The van der Waals surface area contributed by atoms with Gasteiger partial charge in [-0.15, -0.1) is 11.8 Å². The Morgan fingerprint density at radius 3 is 2.94 bits per heavy atom. The van der Waals surface area contributed by atoms with E-state index >= 15 is 0 Å². The number of fused-ring (bicyclic) bond motifs is 1. The van der Waals surface area contributed by atoms with Crippen molar-refractivity contribution in [2.24, 2.45) is 5.92 Å². The van der Waals surface area contributed by atoms with E-state index in [1.54, 1.807) is 0 Å². The lowest BCUT2D eigenvalue weighted by molar-refractivity contribution is -0.116. The number of thioether (sulfide) groups is 1. The summed E-state index contributed by atoms with van der Waals surface area (Å²) in [5.41, 5.74) is 0.476. The molecule has 1 aromatic rings. The molecule has 1 aliphatic carbocycles. The molecule has 2 heterocycles. The summed E-state index contributed by atoms with van der Waals surface area (Å²) in [7, 11) is 0. The van der Waals surface area contributed by atoms with Gasteiger partial charge in [-0.2, -0.15) is 0 Å². The number of carbonyl (C=O) groups excluding carboxylic acids is 1. The van der Waals surface area contributed by atoms with Gasteiger partial charge >= 0.3 is 5.97 Å². The van der Waals surface area contributed by atoms with Gasteiger partial charge in [0.2, 0.25) is 11.7 Å². The molecular weight excluding hydrogens is 230 g/mol. The second-order valence-electron chi connectivity index (χ2n) is 3.98. The van der Waals surface area contributed by atoms with E-state index in [1.807, 2.05) is 0 Å². The van der Waals surface area contributed by atoms with E-state index < -0.39 is 5.97 Å². The van der Waals surface area contributed by atoms with Crippen LogP contribution < -0.4 is 5.32 Å². The Morgan fingerprint density at radius 1 is 1.56 bits per heavy atom. The summed E-state index contributed by atoms with van der Waals surface area (Å²) < 4.78 is 4.94. The van der Waals surface area contributed by atoms with Crippen LogP contribution in [0.15, 0.2) is 15.6 Å². The van der Waals surface area contributed by atoms with Crippen LogP contribution in [0, 0.1) is 5.92 Å². The second-order valence-corrected chi connectivity index (χ2v) is 5.13. The van der Waals surface area contributed by atoms with Crippen molar-refractivity contribution in [3.63, 3.8) is 0 Å². The van der Waals surface area contributed by atoms with Gasteiger partial charge in [0.15, 0.2) is 0 Å². The van der Waals surface area contributed by atoms with Crippen molar-refractivity contribution < 1.29 is 19.1 Å². The zero-order valence-corrected chi connectivity index (χ0v) is 9.04. The lowest BCUT2D eigenvalue weighted by atomic mass is 10.2. The molecule has 0 bridgehead atoms. The van der Waals surface area contributed by atoms with Crippen molar-refractivity contribution in [2.75, 3.05) is 5.32 Å². The maximum atomic E-state index is 11.7. The lowest BCUT2D eigenvalue weighted by Gasteiger charge is -2.20. The molecule has 3 rings (SSSR count). The third kappa shape index (κ3) is 1.41. The van der Waals surface area contributed by atoms with Crippen LogP contribution in [0.1, 0.15) is 23.4 Å². The standard InChI is InChI=1S/C10H9NO4S/c12-9-7(4-1-2-4)16-8-5(11-9)3-15-6(8)10(13)14/h3-4,7H,1-2H2,(H,11,12)(H,13,14). The van der Waals surface area contributed by atoms with E-state index in [0.29, 0.717) is 16.5 Å². The number of hydrogen-bond acceptors (Lipinski definition) is 4. The zero-order valence-electron chi connectivity index (χ0n) is 8.23. The minimum Gasteiger partial charge on any atom is -0.475 e. The largest absolute Gasteiger partial charge is 0.475 e. The predicted molar refractivity (Wildman–Crippen MR) is 56.7 cm³/mol. The van der Waals surface area contributed by atoms with E-state index in [9.17, 15) is 9.59 Å². The molecule has 1 amide bonds. The molecular formula is C10H9NO4S. The molecule has 0 spiro atoms. The Hall–Kier alpha value is -1.43. The van der Waals surface area contributed by atoms with Crippen molar-refractivity contribution in [3.8, 4) is 0 Å². The van der Waals surface area contributed by atoms with Gasteiger partial charge in [-0.1, -0.05) is 0 Å². The van der Waals surface area contributed by atoms with Crippen molar-refractivity contribution >= 4 is 29.3 Å². The molecule has 1 atom stereocenters. The predicted octanol–water partition coefficient (Wildman–Crippen LogP) is 1.80. The van der Waals surface area contributed by atoms with Crippen LogP contribution in [0.4, 0.5) is 5.69 Å². The van der Waals surface area contributed by atoms with Gasteiger partial charge in [-0.25, -0.2) is 4.79 Å². The minimum atomic E-state index is -1.10. The van der Waals surface area contributed by atoms with E-state index in [0.717, 1.165) is 12.8 Å². The van der Waals surface area contributed by atoms with Crippen LogP contribution >= 0.6 is 11.8 Å². The van der Waals surface area contributed by atoms with Crippen LogP contribution in [-0.4, -0.2) is 22.2 Å². The number of rotatable bonds is 2. The number of furan rings is 1. The Kier molecular flexibility index (Phi) is 2.00. The van der Waals surface area contributed by atoms with Gasteiger partial charge in [-0.3, -0.25) is 4.79 Å². The van der Waals surface area contributed by atoms with Crippen LogP contribution in [0.5, 0.6) is 0 Å². The highest BCUT2D eigenvalue weighted by Gasteiger charge is 2.42. The van der Waals surface area contributed by atoms with E-state index in [2.05, 4.69) is 5.32 Å². The highest BCUT2D eigenvalue weighted by Crippen LogP contribution is 2.48. The third-order valence-electron chi connectivity index (χ3n) is 2.75. The molecule has 84 valence electrons. The molecule has 1 aliphatic heterocycles. The molecule has 1 aromatic heterocycles. The molecule has 16 heavy (non-hydrogen) atoms. The first kappa shape index (κ1) is 9.77. The number of amides is 1. The summed E-state index contributed by atoms with van der Waals surface area (Å²) in [6, 6.07) is 0. The number of carboxylic acid groups (broad SMARTS) is 1. The van der Waals surface area contributed by atoms with Gasteiger partial charge in [0.1, 0.15) is 6.26 Å². The summed E-state index contributed by atoms with van der Waals surface area (Å²) in [4.78, 5) is 23.1. The van der Waals surface area contributed by atoms with E-state index in [1.165, 1.54) is 18.0 Å². The van der Waals surface area contributed by atoms with Gasteiger partial charge in [0.25, 0.3) is 0 Å². The van der Waals surface area contributed by atoms with Crippen molar-refractivity contribution in [2.45, 2.75) is 23.0 Å². The third-order valence-corrected chi connectivity index (χ3v) is 4.24. The van der Waals surface area contributed by atoms with Crippen molar-refractivity contribution in [1.29, 1.82) is 0 Å². The second kappa shape index (κ2) is 3.28. The Bertz CT molecular complexity index is 477. The summed E-state index contributed by atoms with van der Waals surface area (Å²) in [6.45, 7) is 0. The van der Waals surface area contributed by atoms with E-state index in [4.69, 9.17) is 9.52 Å². The first-order valence-electron chi connectivity index (χ1n) is 4.99. The van der Waals surface area contributed by atoms with Crippen LogP contribution in [0.25, 0.3) is 0 Å². The molecule has 2 N–H and O–H groups in total. The first-order chi connectivity index (χ1) is 7.66. The zero-order chi connectivity index (χ0) is 11.3. The molecule has 0 saturated heterocycles. The average molecular weight is 239 g/mol. The van der Waals surface area contributed by atoms with Crippen LogP contribution in [0.2, 0.25) is 0 Å². The maximum absolute atomic E-state index is 11.7. The lowest BCUT2D eigenvalue weighted by Crippen LogP contribution is -2.30. The normalized spacial score (nSPS) is 23.8. The number of carboxylic acids is 1. The molecule has 1 fully saturated rings. The van der Waals surface area contributed by atoms with Gasteiger partial charge in [0.05, 0.1) is 15.8 Å². The topological polar surface area (TPSA) is 79.5 Å². The molecule has 5 nitrogen and oxygen atoms in total. The van der Waals surface area contributed by atoms with Crippen molar-refractivity contribution in [3.05, 3.63) is 12.0 Å². The fourth-order valence-electron chi connectivity index (χ4n) is 1.79. The molecule has 6 heteroatoms. The molecule has 0 aromatic carbocycles. The average Bonchev–Trinajstić information content (AvgIpc) is 2.98. The Labute approximate surface area is 95.2 Å². The van der Waals surface area contributed by atoms with Crippen LogP contribution in [-0.2, 0) is 4.79 Å². The number of anilines is 1. The van der Waals surface area contributed by atoms with E-state index in [-0.39, 0.29) is 16.9 Å². The number of hydrogen-bond donors (Lipinski definition) is 2. The first-order valence-corrected chi connectivity index (χ1v) is 5.87. The quantitative estimate of drug-likeness (QED) is 0.822. The van der Waals surface area contributed by atoms with Gasteiger partial charge in [0, 0.05) is 0 Å². The molecule has 2 aliphatic rings. The smallest absolute Gasteiger partial charge is 0.373 e. The summed E-state index contributed by atoms with van der Waals surface area (Å²) in [6.07, 6.45) is 3.37. The Morgan fingerprint density at radius 2 is 2.31 bits per heavy atom.